The molecule has 5 nitrogen and oxygen atoms in total. The van der Waals surface area contributed by atoms with Gasteiger partial charge >= 0.3 is 0 Å². The molecule has 0 saturated carbocycles. The standard InChI is InChI=1S/C19H21BrFNO4/c1-4-6-9-22(12(3)23)19-14(11-17(26-19)25-5-2)18(24)13-7-8-16(21)15(20)10-13/h7-8,10-11H,4-6,9H2,1-3H3. The quantitative estimate of drug-likeness (QED) is 0.560. The van der Waals surface area contributed by atoms with Gasteiger partial charge < -0.3 is 9.15 Å². The van der Waals surface area contributed by atoms with Crippen LogP contribution in [0.15, 0.2) is 33.2 Å². The Bertz CT molecular complexity index is 803. The van der Waals surface area contributed by atoms with E-state index in [0.29, 0.717) is 13.2 Å². The van der Waals surface area contributed by atoms with Gasteiger partial charge in [0, 0.05) is 25.1 Å². The molecule has 2 rings (SSSR count). The lowest BCUT2D eigenvalue weighted by molar-refractivity contribution is -0.116. The first-order valence-electron chi connectivity index (χ1n) is 8.43. The van der Waals surface area contributed by atoms with Crippen LogP contribution in [0.25, 0.3) is 0 Å². The van der Waals surface area contributed by atoms with E-state index in [9.17, 15) is 14.0 Å². The van der Waals surface area contributed by atoms with E-state index < -0.39 is 5.82 Å². The van der Waals surface area contributed by atoms with Crippen molar-refractivity contribution in [3.8, 4) is 5.95 Å². The smallest absolute Gasteiger partial charge is 0.286 e. The van der Waals surface area contributed by atoms with E-state index in [-0.39, 0.29) is 39.1 Å². The molecule has 1 amide bonds. The highest BCUT2D eigenvalue weighted by atomic mass is 79.9. The van der Waals surface area contributed by atoms with Gasteiger partial charge in [-0.25, -0.2) is 4.39 Å². The van der Waals surface area contributed by atoms with E-state index in [4.69, 9.17) is 9.15 Å². The highest BCUT2D eigenvalue weighted by Gasteiger charge is 2.26. The lowest BCUT2D eigenvalue weighted by atomic mass is 10.0. The number of hydrogen-bond donors (Lipinski definition) is 0. The van der Waals surface area contributed by atoms with Crippen molar-refractivity contribution in [1.82, 2.24) is 0 Å². The van der Waals surface area contributed by atoms with Crippen molar-refractivity contribution in [3.63, 3.8) is 0 Å². The normalized spacial score (nSPS) is 10.7. The summed E-state index contributed by atoms with van der Waals surface area (Å²) in [6.07, 6.45) is 1.65. The molecule has 0 aliphatic rings. The van der Waals surface area contributed by atoms with Gasteiger partial charge in [0.15, 0.2) is 5.78 Å². The molecular formula is C19H21BrFNO4. The van der Waals surface area contributed by atoms with Crippen molar-refractivity contribution >= 4 is 33.5 Å². The number of ketones is 1. The lowest BCUT2D eigenvalue weighted by Crippen LogP contribution is -2.30. The molecule has 0 spiro atoms. The van der Waals surface area contributed by atoms with Gasteiger partial charge in [-0.15, -0.1) is 0 Å². The van der Waals surface area contributed by atoms with Crippen LogP contribution in [0.2, 0.25) is 0 Å². The molecule has 0 saturated heterocycles. The molecule has 0 aliphatic heterocycles. The number of hydrogen-bond acceptors (Lipinski definition) is 4. The Morgan fingerprint density at radius 3 is 2.58 bits per heavy atom. The Morgan fingerprint density at radius 2 is 2.00 bits per heavy atom. The fraction of sp³-hybridized carbons (Fsp3) is 0.368. The summed E-state index contributed by atoms with van der Waals surface area (Å²) in [5, 5.41) is 0. The molecule has 0 aliphatic carbocycles. The summed E-state index contributed by atoms with van der Waals surface area (Å²) in [7, 11) is 0. The zero-order valence-corrected chi connectivity index (χ0v) is 16.6. The van der Waals surface area contributed by atoms with E-state index in [1.807, 2.05) is 6.92 Å². The van der Waals surface area contributed by atoms with Crippen LogP contribution < -0.4 is 9.64 Å². The Labute approximate surface area is 160 Å². The minimum atomic E-state index is -0.461. The minimum absolute atomic E-state index is 0.153. The van der Waals surface area contributed by atoms with Crippen molar-refractivity contribution in [2.24, 2.45) is 0 Å². The Kier molecular flexibility index (Phi) is 6.97. The van der Waals surface area contributed by atoms with E-state index >= 15 is 0 Å². The van der Waals surface area contributed by atoms with Gasteiger partial charge in [-0.05, 0) is 47.5 Å². The lowest BCUT2D eigenvalue weighted by Gasteiger charge is -2.19. The number of rotatable bonds is 8. The number of benzene rings is 1. The molecule has 0 bridgehead atoms. The number of furan rings is 1. The monoisotopic (exact) mass is 425 g/mol. The van der Waals surface area contributed by atoms with Crippen LogP contribution in [0, 0.1) is 5.82 Å². The van der Waals surface area contributed by atoms with Crippen LogP contribution in [0.1, 0.15) is 49.5 Å². The maximum absolute atomic E-state index is 13.5. The Hall–Kier alpha value is -2.15. The molecular weight excluding hydrogens is 405 g/mol. The van der Waals surface area contributed by atoms with Gasteiger partial charge in [-0.3, -0.25) is 14.5 Å². The summed E-state index contributed by atoms with van der Waals surface area (Å²) in [6, 6.07) is 5.48. The van der Waals surface area contributed by atoms with Gasteiger partial charge in [0.2, 0.25) is 11.8 Å². The molecule has 0 N–H and O–H groups in total. The van der Waals surface area contributed by atoms with Crippen molar-refractivity contribution in [2.75, 3.05) is 18.1 Å². The zero-order chi connectivity index (χ0) is 19.3. The van der Waals surface area contributed by atoms with Gasteiger partial charge in [0.1, 0.15) is 5.82 Å². The predicted octanol–water partition coefficient (Wildman–Crippen LogP) is 4.96. The first-order chi connectivity index (χ1) is 12.4. The molecule has 1 aromatic heterocycles. The highest BCUT2D eigenvalue weighted by Crippen LogP contribution is 2.33. The largest absolute Gasteiger partial charge is 0.465 e. The second-order valence-corrected chi connectivity index (χ2v) is 6.55. The Morgan fingerprint density at radius 1 is 1.27 bits per heavy atom. The third kappa shape index (κ3) is 4.52. The molecule has 2 aromatic rings. The van der Waals surface area contributed by atoms with Crippen molar-refractivity contribution in [3.05, 3.63) is 45.7 Å². The average Bonchev–Trinajstić information content (AvgIpc) is 3.00. The first kappa shape index (κ1) is 20.2. The SMILES string of the molecule is CCCCN(C(C)=O)c1oc(OCC)cc1C(=O)c1ccc(F)c(Br)c1. The second kappa shape index (κ2) is 8.98. The van der Waals surface area contributed by atoms with Gasteiger partial charge in [0.05, 0.1) is 16.6 Å². The summed E-state index contributed by atoms with van der Waals surface area (Å²) in [6.45, 7) is 6.01. The number of amides is 1. The summed E-state index contributed by atoms with van der Waals surface area (Å²) in [4.78, 5) is 26.5. The molecule has 7 heteroatoms. The fourth-order valence-corrected chi connectivity index (χ4v) is 2.83. The number of carbonyl (C=O) groups is 2. The molecule has 0 fully saturated rings. The van der Waals surface area contributed by atoms with Crippen molar-refractivity contribution < 1.29 is 23.1 Å². The molecule has 26 heavy (non-hydrogen) atoms. The highest BCUT2D eigenvalue weighted by molar-refractivity contribution is 9.10. The molecule has 1 aromatic carbocycles. The van der Waals surface area contributed by atoms with Crippen LogP contribution in [-0.4, -0.2) is 24.8 Å². The van der Waals surface area contributed by atoms with Crippen LogP contribution >= 0.6 is 15.9 Å². The van der Waals surface area contributed by atoms with E-state index in [1.54, 1.807) is 6.92 Å². The van der Waals surface area contributed by atoms with Crippen LogP contribution in [0.3, 0.4) is 0 Å². The maximum Gasteiger partial charge on any atom is 0.286 e. The number of ether oxygens (including phenoxy) is 1. The fourth-order valence-electron chi connectivity index (χ4n) is 2.45. The van der Waals surface area contributed by atoms with Crippen LogP contribution in [0.4, 0.5) is 10.3 Å². The molecule has 0 atom stereocenters. The third-order valence-corrected chi connectivity index (χ3v) is 4.37. The molecule has 1 heterocycles. The first-order valence-corrected chi connectivity index (χ1v) is 9.22. The number of unbranched alkanes of at least 4 members (excludes halogenated alkanes) is 1. The minimum Gasteiger partial charge on any atom is -0.465 e. The predicted molar refractivity (Wildman–Crippen MR) is 100 cm³/mol. The summed E-state index contributed by atoms with van der Waals surface area (Å²) in [5.74, 6) is -0.754. The van der Waals surface area contributed by atoms with Gasteiger partial charge in [-0.2, -0.15) is 0 Å². The topological polar surface area (TPSA) is 59.8 Å². The number of anilines is 1. The summed E-state index contributed by atoms with van der Waals surface area (Å²) >= 11 is 3.08. The van der Waals surface area contributed by atoms with Gasteiger partial charge in [0.25, 0.3) is 5.95 Å². The maximum atomic E-state index is 13.5. The van der Waals surface area contributed by atoms with E-state index in [2.05, 4.69) is 15.9 Å². The zero-order valence-electron chi connectivity index (χ0n) is 15.0. The molecule has 0 radical (unpaired) electrons. The summed E-state index contributed by atoms with van der Waals surface area (Å²) < 4.78 is 24.7. The van der Waals surface area contributed by atoms with Crippen molar-refractivity contribution in [2.45, 2.75) is 33.6 Å². The average molecular weight is 426 g/mol. The molecule has 140 valence electrons. The van der Waals surface area contributed by atoms with E-state index in [0.717, 1.165) is 12.8 Å². The second-order valence-electron chi connectivity index (χ2n) is 5.70. The third-order valence-electron chi connectivity index (χ3n) is 3.76. The number of nitrogens with zero attached hydrogens (tertiary/aromatic N) is 1. The number of halogens is 2. The van der Waals surface area contributed by atoms with Crippen LogP contribution in [-0.2, 0) is 4.79 Å². The van der Waals surface area contributed by atoms with E-state index in [1.165, 1.54) is 36.1 Å². The molecule has 0 unspecified atom stereocenters. The summed E-state index contributed by atoms with van der Waals surface area (Å²) in [5.41, 5.74) is 0.487. The van der Waals surface area contributed by atoms with Gasteiger partial charge in [-0.1, -0.05) is 13.3 Å². The van der Waals surface area contributed by atoms with Crippen LogP contribution in [0.5, 0.6) is 5.95 Å². The number of carbonyl (C=O) groups excluding carboxylic acids is 2. The van der Waals surface area contributed by atoms with Crippen molar-refractivity contribution in [1.29, 1.82) is 0 Å². The Balaban J connectivity index is 2.49.